The first kappa shape index (κ1) is 10.9. The highest BCUT2D eigenvalue weighted by atomic mass is 35.5. The van der Waals surface area contributed by atoms with Crippen LogP contribution >= 0.6 is 11.6 Å². The van der Waals surface area contributed by atoms with Gasteiger partial charge in [0.2, 0.25) is 0 Å². The summed E-state index contributed by atoms with van der Waals surface area (Å²) < 4.78 is 5.52. The predicted molar refractivity (Wildman–Crippen MR) is 62.7 cm³/mol. The molecule has 2 rings (SSSR count). The maximum Gasteiger partial charge on any atom is 0.171 e. The van der Waals surface area contributed by atoms with E-state index in [0.717, 1.165) is 12.0 Å². The number of halogens is 1. The molecule has 3 nitrogen and oxygen atoms in total. The number of pyridine rings is 2. The fourth-order valence-electron chi connectivity index (χ4n) is 1.30. The molecule has 0 atom stereocenters. The van der Waals surface area contributed by atoms with Crippen LogP contribution in [0.5, 0.6) is 5.75 Å². The largest absolute Gasteiger partial charge is 0.490 e. The Bertz CT molecular complexity index is 448. The summed E-state index contributed by atoms with van der Waals surface area (Å²) in [5.41, 5.74) is 1.14. The Morgan fingerprint density at radius 2 is 2.06 bits per heavy atom. The molecule has 16 heavy (non-hydrogen) atoms. The molecule has 2 heterocycles. The van der Waals surface area contributed by atoms with Gasteiger partial charge in [-0.05, 0) is 23.8 Å². The van der Waals surface area contributed by atoms with Crippen LogP contribution in [0.3, 0.4) is 0 Å². The van der Waals surface area contributed by atoms with Gasteiger partial charge in [-0.15, -0.1) is 0 Å². The zero-order valence-electron chi connectivity index (χ0n) is 8.64. The predicted octanol–water partition coefficient (Wildman–Crippen LogP) is 2.75. The van der Waals surface area contributed by atoms with Gasteiger partial charge < -0.3 is 4.74 Å². The van der Waals surface area contributed by atoms with E-state index in [1.165, 1.54) is 0 Å². The average molecular weight is 235 g/mol. The first-order chi connectivity index (χ1) is 7.86. The Balaban J connectivity index is 1.87. The summed E-state index contributed by atoms with van der Waals surface area (Å²) >= 11 is 5.86. The molecule has 0 fully saturated rings. The summed E-state index contributed by atoms with van der Waals surface area (Å²) in [5, 5.41) is 0.397. The molecular weight excluding hydrogens is 224 g/mol. The van der Waals surface area contributed by atoms with Crippen molar-refractivity contribution in [3.8, 4) is 5.75 Å². The van der Waals surface area contributed by atoms with E-state index >= 15 is 0 Å². The van der Waals surface area contributed by atoms with E-state index in [9.17, 15) is 0 Å². The average Bonchev–Trinajstić information content (AvgIpc) is 2.33. The van der Waals surface area contributed by atoms with Crippen LogP contribution in [0.15, 0.2) is 42.9 Å². The normalized spacial score (nSPS) is 10.1. The monoisotopic (exact) mass is 234 g/mol. The lowest BCUT2D eigenvalue weighted by molar-refractivity contribution is 0.321. The van der Waals surface area contributed by atoms with Gasteiger partial charge >= 0.3 is 0 Å². The maximum absolute atomic E-state index is 5.86. The third-order valence-corrected chi connectivity index (χ3v) is 2.38. The summed E-state index contributed by atoms with van der Waals surface area (Å²) in [7, 11) is 0. The summed E-state index contributed by atoms with van der Waals surface area (Å²) in [4.78, 5) is 7.97. The smallest absolute Gasteiger partial charge is 0.171 e. The van der Waals surface area contributed by atoms with Crippen molar-refractivity contribution in [2.24, 2.45) is 0 Å². The first-order valence-electron chi connectivity index (χ1n) is 4.98. The van der Waals surface area contributed by atoms with Gasteiger partial charge in [-0.3, -0.25) is 4.98 Å². The van der Waals surface area contributed by atoms with Gasteiger partial charge in [0.15, 0.2) is 10.9 Å². The number of nitrogens with zero attached hydrogens (tertiary/aromatic N) is 2. The highest BCUT2D eigenvalue weighted by Crippen LogP contribution is 2.20. The van der Waals surface area contributed by atoms with Gasteiger partial charge in [0, 0.05) is 25.0 Å². The van der Waals surface area contributed by atoms with Crippen molar-refractivity contribution < 1.29 is 4.74 Å². The van der Waals surface area contributed by atoms with E-state index in [2.05, 4.69) is 9.97 Å². The summed E-state index contributed by atoms with van der Waals surface area (Å²) in [6.45, 7) is 0.567. The fraction of sp³-hybridized carbons (Fsp3) is 0.167. The van der Waals surface area contributed by atoms with Crippen LogP contribution in [0, 0.1) is 0 Å². The minimum Gasteiger partial charge on any atom is -0.490 e. The number of ether oxygens (including phenoxy) is 1. The second kappa shape index (κ2) is 5.47. The van der Waals surface area contributed by atoms with E-state index < -0.39 is 0 Å². The van der Waals surface area contributed by atoms with Crippen LogP contribution < -0.4 is 4.74 Å². The van der Waals surface area contributed by atoms with Gasteiger partial charge in [0.25, 0.3) is 0 Å². The second-order valence-corrected chi connectivity index (χ2v) is 3.61. The van der Waals surface area contributed by atoms with Crippen LogP contribution in [0.1, 0.15) is 5.56 Å². The SMILES string of the molecule is Clc1ncccc1OCCc1cccnc1. The van der Waals surface area contributed by atoms with Crippen LogP contribution in [-0.2, 0) is 6.42 Å². The number of aromatic nitrogens is 2. The molecule has 0 bridgehead atoms. The number of hydrogen-bond donors (Lipinski definition) is 0. The van der Waals surface area contributed by atoms with Crippen molar-refractivity contribution in [2.75, 3.05) is 6.61 Å². The summed E-state index contributed by atoms with van der Waals surface area (Å²) in [6, 6.07) is 7.53. The van der Waals surface area contributed by atoms with Crippen LogP contribution in [0.25, 0.3) is 0 Å². The third-order valence-electron chi connectivity index (χ3n) is 2.10. The molecule has 0 amide bonds. The van der Waals surface area contributed by atoms with E-state index in [4.69, 9.17) is 16.3 Å². The van der Waals surface area contributed by atoms with Crippen molar-refractivity contribution in [3.05, 3.63) is 53.6 Å². The lowest BCUT2D eigenvalue weighted by Gasteiger charge is -2.06. The van der Waals surface area contributed by atoms with Crippen molar-refractivity contribution in [1.82, 2.24) is 9.97 Å². The Labute approximate surface area is 99.1 Å². The summed E-state index contributed by atoms with van der Waals surface area (Å²) in [5.74, 6) is 0.619. The van der Waals surface area contributed by atoms with Crippen LogP contribution in [0.2, 0.25) is 5.15 Å². The van der Waals surface area contributed by atoms with E-state index in [1.807, 2.05) is 18.3 Å². The molecule has 2 aromatic heterocycles. The Hall–Kier alpha value is -1.61. The van der Waals surface area contributed by atoms with Gasteiger partial charge in [-0.25, -0.2) is 4.98 Å². The molecule has 0 aliphatic rings. The third kappa shape index (κ3) is 2.94. The van der Waals surface area contributed by atoms with Crippen molar-refractivity contribution in [3.63, 3.8) is 0 Å². The van der Waals surface area contributed by atoms with E-state index in [-0.39, 0.29) is 0 Å². The van der Waals surface area contributed by atoms with E-state index in [0.29, 0.717) is 17.5 Å². The summed E-state index contributed by atoms with van der Waals surface area (Å²) in [6.07, 6.45) is 6.02. The van der Waals surface area contributed by atoms with Crippen molar-refractivity contribution in [2.45, 2.75) is 6.42 Å². The zero-order chi connectivity index (χ0) is 11.2. The Morgan fingerprint density at radius 1 is 1.19 bits per heavy atom. The minimum absolute atomic E-state index is 0.397. The van der Waals surface area contributed by atoms with Gasteiger partial charge in [-0.1, -0.05) is 17.7 Å². The van der Waals surface area contributed by atoms with Gasteiger partial charge in [0.1, 0.15) is 0 Å². The molecule has 0 spiro atoms. The highest BCUT2D eigenvalue weighted by molar-refractivity contribution is 6.30. The lowest BCUT2D eigenvalue weighted by atomic mass is 10.2. The molecule has 0 aromatic carbocycles. The number of hydrogen-bond acceptors (Lipinski definition) is 3. The zero-order valence-corrected chi connectivity index (χ0v) is 9.39. The van der Waals surface area contributed by atoms with E-state index in [1.54, 1.807) is 24.5 Å². The van der Waals surface area contributed by atoms with Gasteiger partial charge in [-0.2, -0.15) is 0 Å². The standard InChI is InChI=1S/C12H11ClN2O/c13-12-11(4-2-7-15-12)16-8-5-10-3-1-6-14-9-10/h1-4,6-7,9H,5,8H2. The quantitative estimate of drug-likeness (QED) is 0.763. The van der Waals surface area contributed by atoms with Gasteiger partial charge in [0.05, 0.1) is 6.61 Å². The van der Waals surface area contributed by atoms with Crippen LogP contribution in [-0.4, -0.2) is 16.6 Å². The topological polar surface area (TPSA) is 35.0 Å². The molecule has 0 saturated heterocycles. The molecular formula is C12H11ClN2O. The minimum atomic E-state index is 0.397. The first-order valence-corrected chi connectivity index (χ1v) is 5.36. The molecule has 4 heteroatoms. The maximum atomic E-state index is 5.86. The second-order valence-electron chi connectivity index (χ2n) is 3.25. The van der Waals surface area contributed by atoms with Crippen molar-refractivity contribution in [1.29, 1.82) is 0 Å². The molecule has 0 unspecified atom stereocenters. The van der Waals surface area contributed by atoms with Crippen molar-refractivity contribution >= 4 is 11.6 Å². The molecule has 0 radical (unpaired) electrons. The number of rotatable bonds is 4. The highest BCUT2D eigenvalue weighted by Gasteiger charge is 2.00. The molecule has 0 aliphatic carbocycles. The van der Waals surface area contributed by atoms with Crippen LogP contribution in [0.4, 0.5) is 0 Å². The Kier molecular flexibility index (Phi) is 3.72. The molecule has 0 N–H and O–H groups in total. The fourth-order valence-corrected chi connectivity index (χ4v) is 1.48. The Morgan fingerprint density at radius 3 is 2.81 bits per heavy atom. The lowest BCUT2D eigenvalue weighted by Crippen LogP contribution is -2.02. The molecule has 82 valence electrons. The molecule has 0 saturated carbocycles. The molecule has 0 aliphatic heterocycles. The molecule has 2 aromatic rings.